The van der Waals surface area contributed by atoms with E-state index in [0.717, 1.165) is 16.6 Å². The number of rotatable bonds is 3. The van der Waals surface area contributed by atoms with Gasteiger partial charge in [0.2, 0.25) is 0 Å². The van der Waals surface area contributed by atoms with Gasteiger partial charge in [-0.1, -0.05) is 24.3 Å². The summed E-state index contributed by atoms with van der Waals surface area (Å²) in [5.74, 6) is 0. The van der Waals surface area contributed by atoms with Crippen LogP contribution in [-0.4, -0.2) is 19.9 Å². The maximum absolute atomic E-state index is 10.2. The highest BCUT2D eigenvalue weighted by Crippen LogP contribution is 2.19. The minimum absolute atomic E-state index is 0.478. The fourth-order valence-electron chi connectivity index (χ4n) is 2.14. The van der Waals surface area contributed by atoms with Gasteiger partial charge in [-0.05, 0) is 18.2 Å². The molecule has 1 atom stereocenters. The molecular weight excluding hydrogens is 238 g/mol. The molecule has 3 aromatic rings. The molecule has 0 aliphatic rings. The molecule has 0 spiro atoms. The summed E-state index contributed by atoms with van der Waals surface area (Å²) in [5, 5.41) is 15.6. The average molecular weight is 253 g/mol. The maximum Gasteiger partial charge on any atom is 0.102 e. The van der Waals surface area contributed by atoms with Crippen molar-refractivity contribution in [3.8, 4) is 0 Å². The van der Waals surface area contributed by atoms with Gasteiger partial charge in [-0.15, -0.1) is 0 Å². The summed E-state index contributed by atoms with van der Waals surface area (Å²) in [6, 6.07) is 13.7. The van der Waals surface area contributed by atoms with Crippen LogP contribution in [0.25, 0.3) is 10.9 Å². The second kappa shape index (κ2) is 4.82. The molecule has 3 rings (SSSR count). The number of aryl methyl sites for hydroxylation is 1. The second-order valence-corrected chi connectivity index (χ2v) is 4.63. The highest BCUT2D eigenvalue weighted by Gasteiger charge is 2.12. The number of hydrogen-bond donors (Lipinski definition) is 1. The van der Waals surface area contributed by atoms with Crippen molar-refractivity contribution in [2.24, 2.45) is 7.05 Å². The highest BCUT2D eigenvalue weighted by atomic mass is 16.3. The monoisotopic (exact) mass is 253 g/mol. The third-order valence-electron chi connectivity index (χ3n) is 3.13. The summed E-state index contributed by atoms with van der Waals surface area (Å²) in [6.45, 7) is 0. The number of aromatic nitrogens is 3. The number of aliphatic hydroxyl groups excluding tert-OH is 1. The molecule has 0 aliphatic heterocycles. The molecule has 19 heavy (non-hydrogen) atoms. The van der Waals surface area contributed by atoms with Crippen molar-refractivity contribution in [2.45, 2.75) is 12.5 Å². The zero-order chi connectivity index (χ0) is 13.2. The molecule has 1 N–H and O–H groups in total. The lowest BCUT2D eigenvalue weighted by atomic mass is 10.1. The first-order valence-electron chi connectivity index (χ1n) is 6.24. The lowest BCUT2D eigenvalue weighted by Crippen LogP contribution is -2.05. The Hall–Kier alpha value is -2.20. The largest absolute Gasteiger partial charge is 0.386 e. The lowest BCUT2D eigenvalue weighted by molar-refractivity contribution is 0.172. The van der Waals surface area contributed by atoms with Crippen LogP contribution < -0.4 is 0 Å². The van der Waals surface area contributed by atoms with Gasteiger partial charge >= 0.3 is 0 Å². The van der Waals surface area contributed by atoms with Crippen LogP contribution in [0.3, 0.4) is 0 Å². The van der Waals surface area contributed by atoms with Crippen LogP contribution in [0.4, 0.5) is 0 Å². The Labute approximate surface area is 111 Å². The van der Waals surface area contributed by atoms with Crippen LogP contribution in [0.15, 0.2) is 48.7 Å². The standard InChI is InChI=1S/C15H15N3O/c1-18-9-8-12(17-18)10-15(19)14-7-6-11-4-2-3-5-13(11)16-14/h2-9,15,19H,10H2,1H3. The smallest absolute Gasteiger partial charge is 0.102 e. The molecule has 96 valence electrons. The molecule has 0 fully saturated rings. The number of pyridine rings is 1. The first kappa shape index (κ1) is 11.9. The molecule has 2 aromatic heterocycles. The molecule has 2 heterocycles. The number of hydrogen-bond acceptors (Lipinski definition) is 3. The second-order valence-electron chi connectivity index (χ2n) is 4.63. The maximum atomic E-state index is 10.2. The molecule has 4 nitrogen and oxygen atoms in total. The lowest BCUT2D eigenvalue weighted by Gasteiger charge is -2.09. The number of fused-ring (bicyclic) bond motifs is 1. The van der Waals surface area contributed by atoms with E-state index in [0.29, 0.717) is 12.1 Å². The van der Waals surface area contributed by atoms with E-state index in [-0.39, 0.29) is 0 Å². The SMILES string of the molecule is Cn1ccc(CC(O)c2ccc3ccccc3n2)n1. The van der Waals surface area contributed by atoms with Gasteiger partial charge in [0.1, 0.15) is 6.10 Å². The Morgan fingerprint density at radius 2 is 2.00 bits per heavy atom. The zero-order valence-electron chi connectivity index (χ0n) is 10.7. The van der Waals surface area contributed by atoms with E-state index in [9.17, 15) is 5.11 Å². The molecule has 0 aliphatic carbocycles. The van der Waals surface area contributed by atoms with Gasteiger partial charge in [0.15, 0.2) is 0 Å². The van der Waals surface area contributed by atoms with E-state index in [1.807, 2.05) is 55.7 Å². The predicted molar refractivity (Wildman–Crippen MR) is 73.6 cm³/mol. The molecular formula is C15H15N3O. The first-order chi connectivity index (χ1) is 9.22. The summed E-state index contributed by atoms with van der Waals surface area (Å²) in [4.78, 5) is 4.49. The van der Waals surface area contributed by atoms with Gasteiger partial charge in [-0.3, -0.25) is 9.67 Å². The van der Waals surface area contributed by atoms with Crippen molar-refractivity contribution in [3.05, 3.63) is 60.0 Å². The molecule has 0 bridgehead atoms. The normalized spacial score (nSPS) is 12.7. The Kier molecular flexibility index (Phi) is 3.01. The van der Waals surface area contributed by atoms with E-state index in [4.69, 9.17) is 0 Å². The van der Waals surface area contributed by atoms with Crippen LogP contribution in [0.2, 0.25) is 0 Å². The third-order valence-corrected chi connectivity index (χ3v) is 3.13. The van der Waals surface area contributed by atoms with E-state index in [1.165, 1.54) is 0 Å². The van der Waals surface area contributed by atoms with Crippen LogP contribution in [0.5, 0.6) is 0 Å². The van der Waals surface area contributed by atoms with Crippen molar-refractivity contribution in [3.63, 3.8) is 0 Å². The summed E-state index contributed by atoms with van der Waals surface area (Å²) >= 11 is 0. The summed E-state index contributed by atoms with van der Waals surface area (Å²) in [5.41, 5.74) is 2.45. The van der Waals surface area contributed by atoms with Crippen molar-refractivity contribution < 1.29 is 5.11 Å². The molecule has 1 unspecified atom stereocenters. The van der Waals surface area contributed by atoms with E-state index in [2.05, 4.69) is 10.1 Å². The quantitative estimate of drug-likeness (QED) is 0.779. The van der Waals surface area contributed by atoms with Crippen molar-refractivity contribution in [2.75, 3.05) is 0 Å². The van der Waals surface area contributed by atoms with E-state index in [1.54, 1.807) is 4.68 Å². The summed E-state index contributed by atoms with van der Waals surface area (Å²) in [7, 11) is 1.87. The number of benzene rings is 1. The average Bonchev–Trinajstić information content (AvgIpc) is 2.83. The Balaban J connectivity index is 1.86. The van der Waals surface area contributed by atoms with Gasteiger partial charge in [-0.2, -0.15) is 5.10 Å². The number of para-hydroxylation sites is 1. The van der Waals surface area contributed by atoms with E-state index < -0.39 is 6.10 Å². The molecule has 0 amide bonds. The van der Waals surface area contributed by atoms with Gasteiger partial charge in [0.25, 0.3) is 0 Å². The predicted octanol–water partition coefficient (Wildman–Crippen LogP) is 2.24. The van der Waals surface area contributed by atoms with Crippen LogP contribution >= 0.6 is 0 Å². The van der Waals surface area contributed by atoms with Gasteiger partial charge in [0.05, 0.1) is 16.9 Å². The molecule has 0 saturated carbocycles. The van der Waals surface area contributed by atoms with Crippen LogP contribution in [-0.2, 0) is 13.5 Å². The van der Waals surface area contributed by atoms with Gasteiger partial charge in [-0.25, -0.2) is 0 Å². The fourth-order valence-corrected chi connectivity index (χ4v) is 2.14. The van der Waals surface area contributed by atoms with Crippen molar-refractivity contribution in [1.29, 1.82) is 0 Å². The van der Waals surface area contributed by atoms with Gasteiger partial charge < -0.3 is 5.11 Å². The molecule has 0 saturated heterocycles. The minimum Gasteiger partial charge on any atom is -0.386 e. The topological polar surface area (TPSA) is 50.9 Å². The first-order valence-corrected chi connectivity index (χ1v) is 6.24. The third kappa shape index (κ3) is 2.48. The zero-order valence-corrected chi connectivity index (χ0v) is 10.7. The minimum atomic E-state index is -0.625. The van der Waals surface area contributed by atoms with Crippen LogP contribution in [0.1, 0.15) is 17.5 Å². The molecule has 0 radical (unpaired) electrons. The van der Waals surface area contributed by atoms with Crippen LogP contribution in [0, 0.1) is 0 Å². The Morgan fingerprint density at radius 1 is 1.16 bits per heavy atom. The Morgan fingerprint density at radius 3 is 2.79 bits per heavy atom. The van der Waals surface area contributed by atoms with E-state index >= 15 is 0 Å². The Bertz CT molecular complexity index is 705. The fraction of sp³-hybridized carbons (Fsp3) is 0.200. The van der Waals surface area contributed by atoms with Crippen molar-refractivity contribution in [1.82, 2.24) is 14.8 Å². The summed E-state index contributed by atoms with van der Waals surface area (Å²) < 4.78 is 1.73. The van der Waals surface area contributed by atoms with Gasteiger partial charge in [0, 0.05) is 25.1 Å². The van der Waals surface area contributed by atoms with Crippen molar-refractivity contribution >= 4 is 10.9 Å². The molecule has 1 aromatic carbocycles. The number of nitrogens with zero attached hydrogens (tertiary/aromatic N) is 3. The number of aliphatic hydroxyl groups is 1. The highest BCUT2D eigenvalue weighted by molar-refractivity contribution is 5.78. The summed E-state index contributed by atoms with van der Waals surface area (Å²) in [6.07, 6.45) is 1.72. The molecule has 4 heteroatoms.